The third-order valence-electron chi connectivity index (χ3n) is 5.12. The summed E-state index contributed by atoms with van der Waals surface area (Å²) in [7, 11) is 0. The number of nitrogens with zero attached hydrogens (tertiary/aromatic N) is 1. The molecule has 2 aromatic rings. The predicted octanol–water partition coefficient (Wildman–Crippen LogP) is 2.66. The lowest BCUT2D eigenvalue weighted by atomic mass is 10.1. The van der Waals surface area contributed by atoms with Gasteiger partial charge in [-0.1, -0.05) is 30.3 Å². The van der Waals surface area contributed by atoms with Crippen molar-refractivity contribution in [2.45, 2.75) is 18.9 Å². The van der Waals surface area contributed by atoms with Crippen LogP contribution in [0.2, 0.25) is 0 Å². The second-order valence-electron chi connectivity index (χ2n) is 7.43. The van der Waals surface area contributed by atoms with Crippen molar-refractivity contribution >= 4 is 11.8 Å². The summed E-state index contributed by atoms with van der Waals surface area (Å²) in [4.78, 5) is 26.8. The third-order valence-corrected chi connectivity index (χ3v) is 5.12. The van der Waals surface area contributed by atoms with Crippen LogP contribution in [-0.2, 0) is 9.53 Å². The lowest BCUT2D eigenvalue weighted by molar-refractivity contribution is -0.122. The lowest BCUT2D eigenvalue weighted by Crippen LogP contribution is -2.43. The maximum atomic E-state index is 13.7. The number of ether oxygens (including phenoxy) is 1. The van der Waals surface area contributed by atoms with Gasteiger partial charge in [-0.2, -0.15) is 0 Å². The maximum Gasteiger partial charge on any atom is 0.254 e. The highest BCUT2D eigenvalue weighted by atomic mass is 19.1. The van der Waals surface area contributed by atoms with Crippen LogP contribution < -0.4 is 10.6 Å². The van der Waals surface area contributed by atoms with E-state index in [0.29, 0.717) is 32.2 Å². The normalized spacial score (nSPS) is 15.3. The summed E-state index contributed by atoms with van der Waals surface area (Å²) in [6, 6.07) is 12.5. The minimum atomic E-state index is -0.913. The Morgan fingerprint density at radius 1 is 1.06 bits per heavy atom. The molecule has 1 aliphatic rings. The summed E-state index contributed by atoms with van der Waals surface area (Å²) in [5, 5.41) is 5.64. The number of halogens is 2. The zero-order valence-electron chi connectivity index (χ0n) is 17.3. The van der Waals surface area contributed by atoms with Gasteiger partial charge in [-0.15, -0.1) is 0 Å². The van der Waals surface area contributed by atoms with Crippen molar-refractivity contribution < 1.29 is 23.1 Å². The second-order valence-corrected chi connectivity index (χ2v) is 7.43. The molecule has 1 atom stereocenters. The fraction of sp³-hybridized carbons (Fsp3) is 0.391. The number of rotatable bonds is 9. The molecule has 1 saturated heterocycles. The quantitative estimate of drug-likeness (QED) is 0.599. The van der Waals surface area contributed by atoms with Crippen LogP contribution in [0.15, 0.2) is 48.5 Å². The van der Waals surface area contributed by atoms with Crippen LogP contribution in [0.3, 0.4) is 0 Å². The molecule has 6 nitrogen and oxygen atoms in total. The molecule has 2 amide bonds. The number of morpholine rings is 1. The zero-order valence-corrected chi connectivity index (χ0v) is 17.3. The molecule has 1 unspecified atom stereocenters. The monoisotopic (exact) mass is 431 g/mol. The van der Waals surface area contributed by atoms with Crippen molar-refractivity contribution in [2.24, 2.45) is 0 Å². The average molecular weight is 431 g/mol. The van der Waals surface area contributed by atoms with Crippen LogP contribution in [0.4, 0.5) is 8.78 Å². The van der Waals surface area contributed by atoms with Crippen molar-refractivity contribution in [1.82, 2.24) is 15.5 Å². The van der Waals surface area contributed by atoms with Gasteiger partial charge in [-0.05, 0) is 24.1 Å². The van der Waals surface area contributed by atoms with Gasteiger partial charge < -0.3 is 15.4 Å². The third kappa shape index (κ3) is 7.11. The van der Waals surface area contributed by atoms with Crippen LogP contribution in [0, 0.1) is 11.6 Å². The first-order chi connectivity index (χ1) is 15.0. The van der Waals surface area contributed by atoms with Crippen LogP contribution >= 0.6 is 0 Å². The summed E-state index contributed by atoms with van der Waals surface area (Å²) in [6.07, 6.45) is 0.623. The number of amides is 2. The highest BCUT2D eigenvalue weighted by Crippen LogP contribution is 2.16. The highest BCUT2D eigenvalue weighted by molar-refractivity contribution is 5.94. The van der Waals surface area contributed by atoms with Crippen LogP contribution in [-0.4, -0.2) is 56.1 Å². The van der Waals surface area contributed by atoms with Gasteiger partial charge in [0.15, 0.2) is 0 Å². The van der Waals surface area contributed by atoms with E-state index in [1.807, 2.05) is 30.3 Å². The first kappa shape index (κ1) is 22.8. The molecule has 2 aromatic carbocycles. The van der Waals surface area contributed by atoms with Gasteiger partial charge in [-0.25, -0.2) is 8.78 Å². The Morgan fingerprint density at radius 3 is 2.52 bits per heavy atom. The zero-order chi connectivity index (χ0) is 22.1. The molecule has 166 valence electrons. The van der Waals surface area contributed by atoms with E-state index in [9.17, 15) is 18.4 Å². The number of hydrogen-bond donors (Lipinski definition) is 2. The van der Waals surface area contributed by atoms with E-state index in [-0.39, 0.29) is 30.5 Å². The summed E-state index contributed by atoms with van der Waals surface area (Å²) < 4.78 is 32.0. The van der Waals surface area contributed by atoms with Crippen LogP contribution in [0.5, 0.6) is 0 Å². The topological polar surface area (TPSA) is 70.7 Å². The molecular formula is C23H27F2N3O3. The molecule has 0 radical (unpaired) electrons. The Labute approximate surface area is 180 Å². The minimum Gasteiger partial charge on any atom is -0.379 e. The molecule has 0 bridgehead atoms. The predicted molar refractivity (Wildman–Crippen MR) is 113 cm³/mol. The highest BCUT2D eigenvalue weighted by Gasteiger charge is 2.20. The molecule has 0 saturated carbocycles. The minimum absolute atomic E-state index is 0.121. The fourth-order valence-corrected chi connectivity index (χ4v) is 3.45. The van der Waals surface area contributed by atoms with Gasteiger partial charge >= 0.3 is 0 Å². The molecule has 1 heterocycles. The Morgan fingerprint density at radius 2 is 1.81 bits per heavy atom. The van der Waals surface area contributed by atoms with Crippen molar-refractivity contribution in [3.63, 3.8) is 0 Å². The first-order valence-corrected chi connectivity index (χ1v) is 10.4. The fourth-order valence-electron chi connectivity index (χ4n) is 3.45. The summed E-state index contributed by atoms with van der Waals surface area (Å²) >= 11 is 0. The SMILES string of the molecule is O=C(CCCNC(=O)c1ccc(F)cc1F)NC(CN1CCOCC1)c1ccccc1. The van der Waals surface area contributed by atoms with Gasteiger partial charge in [0.1, 0.15) is 11.6 Å². The molecule has 3 rings (SSSR count). The molecule has 1 fully saturated rings. The molecule has 31 heavy (non-hydrogen) atoms. The van der Waals surface area contributed by atoms with Gasteiger partial charge in [0.25, 0.3) is 5.91 Å². The van der Waals surface area contributed by atoms with Gasteiger partial charge in [0.05, 0.1) is 24.8 Å². The summed E-state index contributed by atoms with van der Waals surface area (Å²) in [5.41, 5.74) is 0.808. The number of nitrogens with one attached hydrogen (secondary N) is 2. The summed E-state index contributed by atoms with van der Waals surface area (Å²) in [6.45, 7) is 3.92. The number of carbonyl (C=O) groups excluding carboxylic acids is 2. The molecule has 1 aliphatic heterocycles. The van der Waals surface area contributed by atoms with Crippen molar-refractivity contribution in [3.05, 3.63) is 71.3 Å². The largest absolute Gasteiger partial charge is 0.379 e. The van der Waals surface area contributed by atoms with E-state index < -0.39 is 17.5 Å². The molecular weight excluding hydrogens is 404 g/mol. The molecule has 0 aromatic heterocycles. The molecule has 8 heteroatoms. The van der Waals surface area contributed by atoms with E-state index in [1.165, 1.54) is 0 Å². The van der Waals surface area contributed by atoms with E-state index in [1.54, 1.807) is 0 Å². The smallest absolute Gasteiger partial charge is 0.254 e. The van der Waals surface area contributed by atoms with Crippen molar-refractivity contribution in [3.8, 4) is 0 Å². The Kier molecular flexibility index (Phi) is 8.49. The van der Waals surface area contributed by atoms with Crippen LogP contribution in [0.25, 0.3) is 0 Å². The van der Waals surface area contributed by atoms with E-state index >= 15 is 0 Å². The Balaban J connectivity index is 1.47. The number of benzene rings is 2. The maximum absolute atomic E-state index is 13.7. The van der Waals surface area contributed by atoms with E-state index in [2.05, 4.69) is 15.5 Å². The first-order valence-electron chi connectivity index (χ1n) is 10.4. The number of hydrogen-bond acceptors (Lipinski definition) is 4. The molecule has 2 N–H and O–H groups in total. The van der Waals surface area contributed by atoms with Crippen LogP contribution in [0.1, 0.15) is 34.8 Å². The van der Waals surface area contributed by atoms with E-state index in [0.717, 1.165) is 30.8 Å². The Bertz CT molecular complexity index is 874. The van der Waals surface area contributed by atoms with Crippen molar-refractivity contribution in [1.29, 1.82) is 0 Å². The van der Waals surface area contributed by atoms with Gasteiger partial charge in [0, 0.05) is 38.7 Å². The average Bonchev–Trinajstić information content (AvgIpc) is 2.77. The molecule has 0 spiro atoms. The van der Waals surface area contributed by atoms with E-state index in [4.69, 9.17) is 4.74 Å². The van der Waals surface area contributed by atoms with Crippen molar-refractivity contribution in [2.75, 3.05) is 39.4 Å². The summed E-state index contributed by atoms with van der Waals surface area (Å²) in [5.74, 6) is -2.41. The standard InChI is InChI=1S/C23H27F2N3O3/c24-18-8-9-19(20(25)15-18)23(30)26-10-4-7-22(29)27-21(17-5-2-1-3-6-17)16-28-11-13-31-14-12-28/h1-3,5-6,8-9,15,21H,4,7,10-14,16H2,(H,26,30)(H,27,29). The van der Waals surface area contributed by atoms with Gasteiger partial charge in [0.2, 0.25) is 5.91 Å². The van der Waals surface area contributed by atoms with Gasteiger partial charge in [-0.3, -0.25) is 14.5 Å². The number of carbonyl (C=O) groups is 2. The molecule has 0 aliphatic carbocycles. The Hall–Kier alpha value is -2.84. The lowest BCUT2D eigenvalue weighted by Gasteiger charge is -2.31. The second kappa shape index (κ2) is 11.5.